The van der Waals surface area contributed by atoms with E-state index in [-0.39, 0.29) is 5.82 Å². The molecule has 2 rings (SSSR count). The number of hydrogen-bond donors (Lipinski definition) is 0. The molecule has 0 fully saturated rings. The lowest BCUT2D eigenvalue weighted by Gasteiger charge is -2.05. The van der Waals surface area contributed by atoms with Crippen LogP contribution in [0.3, 0.4) is 0 Å². The first-order chi connectivity index (χ1) is 7.16. The van der Waals surface area contributed by atoms with E-state index >= 15 is 0 Å². The van der Waals surface area contributed by atoms with Crippen molar-refractivity contribution in [2.24, 2.45) is 0 Å². The van der Waals surface area contributed by atoms with E-state index in [1.54, 1.807) is 16.9 Å². The maximum absolute atomic E-state index is 13.2. The number of aryl methyl sites for hydroxylation is 1. The largest absolute Gasteiger partial charge is 0.268 e. The standard InChI is InChI=1S/C11H10BrFN2/c1-8-5-14-15(6-8)7-9-3-2-4-10(13)11(9)12/h2-6H,7H2,1H3. The molecule has 2 aromatic rings. The maximum atomic E-state index is 13.2. The molecule has 0 aliphatic rings. The van der Waals surface area contributed by atoms with E-state index in [0.29, 0.717) is 11.0 Å². The molecule has 0 saturated heterocycles. The van der Waals surface area contributed by atoms with Crippen molar-refractivity contribution in [2.75, 3.05) is 0 Å². The summed E-state index contributed by atoms with van der Waals surface area (Å²) < 4.78 is 15.5. The van der Waals surface area contributed by atoms with Gasteiger partial charge < -0.3 is 0 Å². The van der Waals surface area contributed by atoms with Crippen LogP contribution in [0.5, 0.6) is 0 Å². The Morgan fingerprint density at radius 1 is 1.47 bits per heavy atom. The lowest BCUT2D eigenvalue weighted by atomic mass is 10.2. The molecule has 0 bridgehead atoms. The fourth-order valence-corrected chi connectivity index (χ4v) is 1.79. The third-order valence-electron chi connectivity index (χ3n) is 2.13. The minimum atomic E-state index is -0.239. The second-order valence-corrected chi connectivity index (χ2v) is 4.22. The molecule has 15 heavy (non-hydrogen) atoms. The van der Waals surface area contributed by atoms with Crippen molar-refractivity contribution >= 4 is 15.9 Å². The zero-order chi connectivity index (χ0) is 10.8. The fraction of sp³-hybridized carbons (Fsp3) is 0.182. The molecule has 78 valence electrons. The minimum Gasteiger partial charge on any atom is -0.268 e. The first kappa shape index (κ1) is 10.4. The summed E-state index contributed by atoms with van der Waals surface area (Å²) in [4.78, 5) is 0. The quantitative estimate of drug-likeness (QED) is 0.819. The van der Waals surface area contributed by atoms with E-state index in [1.807, 2.05) is 19.2 Å². The van der Waals surface area contributed by atoms with E-state index in [0.717, 1.165) is 11.1 Å². The highest BCUT2D eigenvalue weighted by Gasteiger charge is 2.05. The predicted molar refractivity (Wildman–Crippen MR) is 60.2 cm³/mol. The molecule has 0 radical (unpaired) electrons. The summed E-state index contributed by atoms with van der Waals surface area (Å²) in [6.07, 6.45) is 3.71. The van der Waals surface area contributed by atoms with Gasteiger partial charge in [0.2, 0.25) is 0 Å². The van der Waals surface area contributed by atoms with Gasteiger partial charge in [0.15, 0.2) is 0 Å². The van der Waals surface area contributed by atoms with Crippen molar-refractivity contribution in [3.63, 3.8) is 0 Å². The SMILES string of the molecule is Cc1cnn(Cc2cccc(F)c2Br)c1. The van der Waals surface area contributed by atoms with E-state index in [1.165, 1.54) is 6.07 Å². The van der Waals surface area contributed by atoms with E-state index in [2.05, 4.69) is 21.0 Å². The topological polar surface area (TPSA) is 17.8 Å². The number of hydrogen-bond acceptors (Lipinski definition) is 1. The monoisotopic (exact) mass is 268 g/mol. The fourth-order valence-electron chi connectivity index (χ4n) is 1.40. The van der Waals surface area contributed by atoms with E-state index in [4.69, 9.17) is 0 Å². The third kappa shape index (κ3) is 2.26. The van der Waals surface area contributed by atoms with Gasteiger partial charge >= 0.3 is 0 Å². The molecular weight excluding hydrogens is 259 g/mol. The van der Waals surface area contributed by atoms with Crippen molar-refractivity contribution in [3.8, 4) is 0 Å². The normalized spacial score (nSPS) is 10.6. The van der Waals surface area contributed by atoms with Gasteiger partial charge in [0.05, 0.1) is 17.2 Å². The van der Waals surface area contributed by atoms with Gasteiger partial charge in [0, 0.05) is 6.20 Å². The smallest absolute Gasteiger partial charge is 0.137 e. The van der Waals surface area contributed by atoms with Crippen LogP contribution in [0.4, 0.5) is 4.39 Å². The Bertz CT molecular complexity index is 479. The Kier molecular flexibility index (Phi) is 2.86. The zero-order valence-corrected chi connectivity index (χ0v) is 9.83. The van der Waals surface area contributed by atoms with Crippen LogP contribution in [0.25, 0.3) is 0 Å². The Hall–Kier alpha value is -1.16. The molecule has 0 saturated carbocycles. The van der Waals surface area contributed by atoms with Gasteiger partial charge in [-0.25, -0.2) is 4.39 Å². The molecule has 1 heterocycles. The first-order valence-electron chi connectivity index (χ1n) is 4.59. The van der Waals surface area contributed by atoms with Crippen LogP contribution >= 0.6 is 15.9 Å². The zero-order valence-electron chi connectivity index (χ0n) is 8.24. The molecule has 0 spiro atoms. The van der Waals surface area contributed by atoms with Gasteiger partial charge in [-0.1, -0.05) is 12.1 Å². The Morgan fingerprint density at radius 3 is 2.93 bits per heavy atom. The third-order valence-corrected chi connectivity index (χ3v) is 3.01. The van der Waals surface area contributed by atoms with Crippen molar-refractivity contribution in [1.82, 2.24) is 9.78 Å². The molecule has 0 aliphatic heterocycles. The highest BCUT2D eigenvalue weighted by atomic mass is 79.9. The van der Waals surface area contributed by atoms with Gasteiger partial charge in [0.1, 0.15) is 5.82 Å². The van der Waals surface area contributed by atoms with Crippen molar-refractivity contribution < 1.29 is 4.39 Å². The van der Waals surface area contributed by atoms with Crippen LogP contribution in [0.2, 0.25) is 0 Å². The second-order valence-electron chi connectivity index (χ2n) is 3.43. The lowest BCUT2D eigenvalue weighted by Crippen LogP contribution is -2.01. The van der Waals surface area contributed by atoms with Crippen LogP contribution in [0, 0.1) is 12.7 Å². The number of aromatic nitrogens is 2. The number of halogens is 2. The van der Waals surface area contributed by atoms with Crippen LogP contribution in [0.1, 0.15) is 11.1 Å². The molecule has 0 aliphatic carbocycles. The molecule has 1 aromatic carbocycles. The summed E-state index contributed by atoms with van der Waals surface area (Å²) in [7, 11) is 0. The number of nitrogens with zero attached hydrogens (tertiary/aromatic N) is 2. The minimum absolute atomic E-state index is 0.239. The molecule has 1 aromatic heterocycles. The van der Waals surface area contributed by atoms with Crippen LogP contribution < -0.4 is 0 Å². The Balaban J connectivity index is 2.28. The van der Waals surface area contributed by atoms with Gasteiger partial charge in [-0.3, -0.25) is 4.68 Å². The average Bonchev–Trinajstić information content (AvgIpc) is 2.59. The Labute approximate surface area is 95.9 Å². The molecule has 0 unspecified atom stereocenters. The highest BCUT2D eigenvalue weighted by Crippen LogP contribution is 2.21. The molecular formula is C11H10BrFN2. The van der Waals surface area contributed by atoms with Crippen molar-refractivity contribution in [1.29, 1.82) is 0 Å². The molecule has 4 heteroatoms. The summed E-state index contributed by atoms with van der Waals surface area (Å²) in [6.45, 7) is 2.55. The second kappa shape index (κ2) is 4.14. The number of rotatable bonds is 2. The predicted octanol–water partition coefficient (Wildman–Crippen LogP) is 3.14. The summed E-state index contributed by atoms with van der Waals surface area (Å²) in [5.74, 6) is -0.239. The van der Waals surface area contributed by atoms with Gasteiger partial charge in [-0.05, 0) is 40.0 Å². The summed E-state index contributed by atoms with van der Waals surface area (Å²) in [5, 5.41) is 4.16. The van der Waals surface area contributed by atoms with Crippen molar-refractivity contribution in [2.45, 2.75) is 13.5 Å². The van der Waals surface area contributed by atoms with Crippen LogP contribution in [-0.2, 0) is 6.54 Å². The van der Waals surface area contributed by atoms with Gasteiger partial charge in [-0.2, -0.15) is 5.10 Å². The maximum Gasteiger partial charge on any atom is 0.137 e. The van der Waals surface area contributed by atoms with Gasteiger partial charge in [-0.15, -0.1) is 0 Å². The lowest BCUT2D eigenvalue weighted by molar-refractivity contribution is 0.611. The molecule has 0 amide bonds. The summed E-state index contributed by atoms with van der Waals surface area (Å²) in [5.41, 5.74) is 1.99. The highest BCUT2D eigenvalue weighted by molar-refractivity contribution is 9.10. The van der Waals surface area contributed by atoms with Crippen molar-refractivity contribution in [3.05, 3.63) is 52.0 Å². The number of benzene rings is 1. The van der Waals surface area contributed by atoms with Crippen LogP contribution in [-0.4, -0.2) is 9.78 Å². The van der Waals surface area contributed by atoms with Crippen LogP contribution in [0.15, 0.2) is 35.1 Å². The molecule has 0 atom stereocenters. The summed E-state index contributed by atoms with van der Waals surface area (Å²) >= 11 is 3.23. The Morgan fingerprint density at radius 2 is 2.27 bits per heavy atom. The average molecular weight is 269 g/mol. The summed E-state index contributed by atoms with van der Waals surface area (Å²) in [6, 6.07) is 5.01. The first-order valence-corrected chi connectivity index (χ1v) is 5.38. The molecule has 0 N–H and O–H groups in total. The van der Waals surface area contributed by atoms with E-state index < -0.39 is 0 Å². The van der Waals surface area contributed by atoms with Gasteiger partial charge in [0.25, 0.3) is 0 Å². The molecule has 2 nitrogen and oxygen atoms in total. The van der Waals surface area contributed by atoms with E-state index in [9.17, 15) is 4.39 Å².